The Kier molecular flexibility index (Phi) is 2.65. The van der Waals surface area contributed by atoms with Gasteiger partial charge < -0.3 is 10.2 Å². The van der Waals surface area contributed by atoms with Crippen LogP contribution in [0, 0.1) is 6.92 Å². The van der Waals surface area contributed by atoms with E-state index in [1.54, 1.807) is 0 Å². The Hall–Kier alpha value is -1.09. The first-order valence-corrected chi connectivity index (χ1v) is 5.50. The molecule has 82 valence electrons. The van der Waals surface area contributed by atoms with Crippen LogP contribution in [-0.4, -0.2) is 30.2 Å². The lowest BCUT2D eigenvalue weighted by Crippen LogP contribution is -2.58. The highest BCUT2D eigenvalue weighted by Gasteiger charge is 2.30. The second-order valence-corrected chi connectivity index (χ2v) is 4.80. The van der Waals surface area contributed by atoms with E-state index in [1.807, 2.05) is 12.4 Å². The Morgan fingerprint density at radius 1 is 1.47 bits per heavy atom. The van der Waals surface area contributed by atoms with Crippen LogP contribution in [0.15, 0.2) is 18.5 Å². The fourth-order valence-electron chi connectivity index (χ4n) is 2.20. The number of nitrogens with one attached hydrogen (secondary N) is 1. The van der Waals surface area contributed by atoms with Crippen LogP contribution < -0.4 is 10.2 Å². The third kappa shape index (κ3) is 1.97. The van der Waals surface area contributed by atoms with Gasteiger partial charge in [-0.2, -0.15) is 0 Å². The van der Waals surface area contributed by atoms with Crippen molar-refractivity contribution in [3.05, 3.63) is 24.0 Å². The van der Waals surface area contributed by atoms with Gasteiger partial charge in [0.2, 0.25) is 0 Å². The molecular formula is C12H19N3. The van der Waals surface area contributed by atoms with Crippen molar-refractivity contribution in [2.75, 3.05) is 24.5 Å². The molecule has 0 amide bonds. The first-order chi connectivity index (χ1) is 7.11. The zero-order valence-corrected chi connectivity index (χ0v) is 9.75. The molecule has 0 radical (unpaired) electrons. The highest BCUT2D eigenvalue weighted by atomic mass is 15.3. The van der Waals surface area contributed by atoms with E-state index in [9.17, 15) is 0 Å². The van der Waals surface area contributed by atoms with E-state index in [-0.39, 0.29) is 5.54 Å². The number of hydrogen-bond donors (Lipinski definition) is 1. The molecule has 1 fully saturated rings. The maximum absolute atomic E-state index is 4.15. The number of aryl methyl sites for hydroxylation is 1. The van der Waals surface area contributed by atoms with Crippen molar-refractivity contribution in [3.63, 3.8) is 0 Å². The normalized spacial score (nSPS) is 20.3. The van der Waals surface area contributed by atoms with Gasteiger partial charge in [-0.25, -0.2) is 0 Å². The van der Waals surface area contributed by atoms with Gasteiger partial charge in [0.15, 0.2) is 0 Å². The number of aromatic nitrogens is 1. The van der Waals surface area contributed by atoms with E-state index < -0.39 is 0 Å². The van der Waals surface area contributed by atoms with Crippen LogP contribution in [0.1, 0.15) is 19.4 Å². The molecule has 0 bridgehead atoms. The molecule has 0 unspecified atom stereocenters. The van der Waals surface area contributed by atoms with Crippen LogP contribution in [0.4, 0.5) is 5.69 Å². The Bertz CT molecular complexity index is 346. The van der Waals surface area contributed by atoms with Crippen molar-refractivity contribution in [2.24, 2.45) is 0 Å². The molecular weight excluding hydrogens is 186 g/mol. The van der Waals surface area contributed by atoms with Gasteiger partial charge in [0.05, 0.1) is 0 Å². The summed E-state index contributed by atoms with van der Waals surface area (Å²) in [5.41, 5.74) is 2.76. The summed E-state index contributed by atoms with van der Waals surface area (Å²) in [6.07, 6.45) is 3.81. The number of piperazine rings is 1. The molecule has 1 N–H and O–H groups in total. The zero-order chi connectivity index (χ0) is 10.9. The lowest BCUT2D eigenvalue weighted by Gasteiger charge is -2.45. The quantitative estimate of drug-likeness (QED) is 0.754. The summed E-state index contributed by atoms with van der Waals surface area (Å²) >= 11 is 0. The first-order valence-electron chi connectivity index (χ1n) is 5.50. The van der Waals surface area contributed by atoms with Crippen LogP contribution in [0.3, 0.4) is 0 Å². The van der Waals surface area contributed by atoms with E-state index in [4.69, 9.17) is 0 Å². The van der Waals surface area contributed by atoms with Gasteiger partial charge in [0.1, 0.15) is 0 Å². The summed E-state index contributed by atoms with van der Waals surface area (Å²) in [4.78, 5) is 6.62. The Balaban J connectivity index is 2.33. The third-order valence-electron chi connectivity index (χ3n) is 3.08. The van der Waals surface area contributed by atoms with E-state index in [1.165, 1.54) is 11.3 Å². The smallest absolute Gasteiger partial charge is 0.0470 e. The van der Waals surface area contributed by atoms with Gasteiger partial charge in [-0.05, 0) is 32.4 Å². The topological polar surface area (TPSA) is 28.2 Å². The van der Waals surface area contributed by atoms with Gasteiger partial charge >= 0.3 is 0 Å². The largest absolute Gasteiger partial charge is 0.364 e. The van der Waals surface area contributed by atoms with E-state index in [0.717, 1.165) is 19.6 Å². The van der Waals surface area contributed by atoms with Crippen molar-refractivity contribution in [1.29, 1.82) is 0 Å². The van der Waals surface area contributed by atoms with Crippen LogP contribution in [0.5, 0.6) is 0 Å². The minimum atomic E-state index is 0.185. The van der Waals surface area contributed by atoms with Crippen molar-refractivity contribution in [3.8, 4) is 0 Å². The average molecular weight is 205 g/mol. The summed E-state index contributed by atoms with van der Waals surface area (Å²) in [6, 6.07) is 2.11. The summed E-state index contributed by atoms with van der Waals surface area (Å²) in [6.45, 7) is 9.84. The van der Waals surface area contributed by atoms with Crippen LogP contribution >= 0.6 is 0 Å². The molecule has 0 aromatic carbocycles. The highest BCUT2D eigenvalue weighted by Crippen LogP contribution is 2.27. The monoisotopic (exact) mass is 205 g/mol. The maximum atomic E-state index is 4.15. The second kappa shape index (κ2) is 3.81. The molecule has 0 spiro atoms. The van der Waals surface area contributed by atoms with E-state index in [2.05, 4.69) is 42.0 Å². The molecule has 1 aliphatic heterocycles. The highest BCUT2D eigenvalue weighted by molar-refractivity contribution is 5.54. The third-order valence-corrected chi connectivity index (χ3v) is 3.08. The van der Waals surface area contributed by atoms with Gasteiger partial charge in [-0.15, -0.1) is 0 Å². The molecule has 1 aromatic heterocycles. The predicted molar refractivity (Wildman–Crippen MR) is 63.3 cm³/mol. The predicted octanol–water partition coefficient (Wildman–Crippen LogP) is 1.58. The van der Waals surface area contributed by atoms with Gasteiger partial charge in [0.25, 0.3) is 0 Å². The lowest BCUT2D eigenvalue weighted by atomic mass is 9.98. The van der Waals surface area contributed by atoms with Gasteiger partial charge in [-0.3, -0.25) is 4.98 Å². The Morgan fingerprint density at radius 2 is 2.27 bits per heavy atom. The molecule has 15 heavy (non-hydrogen) atoms. The van der Waals surface area contributed by atoms with Gasteiger partial charge in [-0.1, -0.05) is 0 Å². The molecule has 1 saturated heterocycles. The molecule has 2 rings (SSSR count). The summed E-state index contributed by atoms with van der Waals surface area (Å²) in [5.74, 6) is 0. The van der Waals surface area contributed by atoms with Crippen LogP contribution in [-0.2, 0) is 0 Å². The zero-order valence-electron chi connectivity index (χ0n) is 9.75. The number of nitrogens with zero attached hydrogens (tertiary/aromatic N) is 2. The fraction of sp³-hybridized carbons (Fsp3) is 0.583. The molecule has 0 saturated carbocycles. The molecule has 2 heterocycles. The van der Waals surface area contributed by atoms with E-state index in [0.29, 0.717) is 0 Å². The summed E-state index contributed by atoms with van der Waals surface area (Å²) in [5, 5.41) is 3.44. The van der Waals surface area contributed by atoms with Gasteiger partial charge in [0, 0.05) is 43.3 Å². The number of hydrogen-bond acceptors (Lipinski definition) is 3. The van der Waals surface area contributed by atoms with Crippen LogP contribution in [0.2, 0.25) is 0 Å². The fourth-order valence-corrected chi connectivity index (χ4v) is 2.20. The van der Waals surface area contributed by atoms with Crippen molar-refractivity contribution < 1.29 is 0 Å². The molecule has 1 aliphatic rings. The second-order valence-electron chi connectivity index (χ2n) is 4.80. The van der Waals surface area contributed by atoms with Crippen molar-refractivity contribution in [2.45, 2.75) is 26.3 Å². The van der Waals surface area contributed by atoms with Crippen molar-refractivity contribution >= 4 is 5.69 Å². The molecule has 0 atom stereocenters. The van der Waals surface area contributed by atoms with Crippen molar-refractivity contribution in [1.82, 2.24) is 10.3 Å². The lowest BCUT2D eigenvalue weighted by molar-refractivity contribution is 0.380. The van der Waals surface area contributed by atoms with E-state index >= 15 is 0 Å². The van der Waals surface area contributed by atoms with Crippen LogP contribution in [0.25, 0.3) is 0 Å². The minimum Gasteiger partial charge on any atom is -0.364 e. The molecule has 0 aliphatic carbocycles. The Labute approximate surface area is 91.5 Å². The summed E-state index contributed by atoms with van der Waals surface area (Å²) in [7, 11) is 0. The SMILES string of the molecule is Cc1cnccc1N1CCNCC1(C)C. The standard InChI is InChI=1S/C12H19N3/c1-10-8-13-5-4-11(10)15-7-6-14-9-12(15,2)3/h4-5,8,14H,6-7,9H2,1-3H3. The Morgan fingerprint density at radius 3 is 2.93 bits per heavy atom. The molecule has 1 aromatic rings. The first kappa shape index (κ1) is 10.4. The maximum Gasteiger partial charge on any atom is 0.0470 e. The number of anilines is 1. The molecule has 3 heteroatoms. The average Bonchev–Trinajstić information content (AvgIpc) is 2.19. The number of pyridine rings is 1. The number of rotatable bonds is 1. The summed E-state index contributed by atoms with van der Waals surface area (Å²) < 4.78 is 0. The molecule has 3 nitrogen and oxygen atoms in total. The minimum absolute atomic E-state index is 0.185.